The van der Waals surface area contributed by atoms with E-state index in [1.54, 1.807) is 18.4 Å². The van der Waals surface area contributed by atoms with Crippen LogP contribution in [0.15, 0.2) is 24.3 Å². The molecule has 0 saturated carbocycles. The molecule has 3 aromatic rings. The Morgan fingerprint density at radius 3 is 2.71 bits per heavy atom. The van der Waals surface area contributed by atoms with Gasteiger partial charge in [-0.3, -0.25) is 5.32 Å². The molecule has 2 aromatic heterocycles. The van der Waals surface area contributed by atoms with Crippen LogP contribution in [0, 0.1) is 0 Å². The first-order valence-electron chi connectivity index (χ1n) is 7.84. The Labute approximate surface area is 143 Å². The van der Waals surface area contributed by atoms with E-state index in [1.807, 2.05) is 24.3 Å². The molecule has 0 amide bonds. The lowest BCUT2D eigenvalue weighted by Crippen LogP contribution is -2.24. The standard InChI is InChI=1S/C15H18N8S/c1-16-12-20-13(18-9-6-7-17-8-9)22-14(21-12)23-15-19-10-4-2-3-5-11(10)24-15/h2-5,9,17H,6-8H2,1H3,(H3,16,18,19,20,21,22,23). The van der Waals surface area contributed by atoms with Gasteiger partial charge in [-0.05, 0) is 25.1 Å². The van der Waals surface area contributed by atoms with Crippen LogP contribution in [0.25, 0.3) is 10.2 Å². The number of nitrogens with one attached hydrogen (secondary N) is 4. The summed E-state index contributed by atoms with van der Waals surface area (Å²) in [6, 6.07) is 8.36. The van der Waals surface area contributed by atoms with Gasteiger partial charge < -0.3 is 16.0 Å². The Kier molecular flexibility index (Phi) is 4.09. The first kappa shape index (κ1) is 15.0. The lowest BCUT2D eigenvalue weighted by Gasteiger charge is -2.12. The van der Waals surface area contributed by atoms with Crippen LogP contribution in [0.5, 0.6) is 0 Å². The van der Waals surface area contributed by atoms with Crippen molar-refractivity contribution in [3.63, 3.8) is 0 Å². The number of para-hydroxylation sites is 1. The third-order valence-corrected chi connectivity index (χ3v) is 4.72. The molecule has 1 atom stereocenters. The number of anilines is 4. The molecule has 1 aromatic carbocycles. The van der Waals surface area contributed by atoms with E-state index in [2.05, 4.69) is 41.2 Å². The molecule has 1 aliphatic heterocycles. The van der Waals surface area contributed by atoms with Crippen LogP contribution in [0.2, 0.25) is 0 Å². The van der Waals surface area contributed by atoms with E-state index in [0.717, 1.165) is 34.9 Å². The minimum Gasteiger partial charge on any atom is -0.357 e. The van der Waals surface area contributed by atoms with E-state index in [9.17, 15) is 0 Å². The summed E-state index contributed by atoms with van der Waals surface area (Å²) >= 11 is 1.57. The summed E-state index contributed by atoms with van der Waals surface area (Å²) in [4.78, 5) is 17.7. The summed E-state index contributed by atoms with van der Waals surface area (Å²) in [5.41, 5.74) is 0.961. The maximum absolute atomic E-state index is 4.55. The van der Waals surface area contributed by atoms with Crippen molar-refractivity contribution in [2.24, 2.45) is 0 Å². The Morgan fingerprint density at radius 2 is 1.92 bits per heavy atom. The predicted octanol–water partition coefficient (Wildman–Crippen LogP) is 2.04. The predicted molar refractivity (Wildman–Crippen MR) is 97.2 cm³/mol. The maximum Gasteiger partial charge on any atom is 0.235 e. The van der Waals surface area contributed by atoms with Crippen molar-refractivity contribution in [3.8, 4) is 0 Å². The molecule has 1 unspecified atom stereocenters. The van der Waals surface area contributed by atoms with Gasteiger partial charge in [-0.1, -0.05) is 23.5 Å². The van der Waals surface area contributed by atoms with E-state index >= 15 is 0 Å². The van der Waals surface area contributed by atoms with E-state index < -0.39 is 0 Å². The minimum atomic E-state index is 0.340. The maximum atomic E-state index is 4.55. The van der Waals surface area contributed by atoms with Gasteiger partial charge in [0.15, 0.2) is 5.13 Å². The summed E-state index contributed by atoms with van der Waals surface area (Å²) < 4.78 is 1.12. The molecule has 1 fully saturated rings. The first-order chi connectivity index (χ1) is 11.8. The number of hydrogen-bond donors (Lipinski definition) is 4. The second-order valence-corrected chi connectivity index (χ2v) is 6.53. The Hall–Kier alpha value is -2.52. The summed E-state index contributed by atoms with van der Waals surface area (Å²) in [5, 5.41) is 13.6. The highest BCUT2D eigenvalue weighted by molar-refractivity contribution is 7.22. The van der Waals surface area contributed by atoms with Crippen LogP contribution in [0.3, 0.4) is 0 Å². The summed E-state index contributed by atoms with van der Waals surface area (Å²) in [5.74, 6) is 1.55. The fourth-order valence-electron chi connectivity index (χ4n) is 2.59. The zero-order valence-electron chi connectivity index (χ0n) is 13.2. The minimum absolute atomic E-state index is 0.340. The van der Waals surface area contributed by atoms with Crippen molar-refractivity contribution < 1.29 is 0 Å². The Morgan fingerprint density at radius 1 is 1.08 bits per heavy atom. The second kappa shape index (κ2) is 6.54. The average molecular weight is 342 g/mol. The fourth-order valence-corrected chi connectivity index (χ4v) is 3.45. The highest BCUT2D eigenvalue weighted by atomic mass is 32.1. The Bertz CT molecular complexity index is 809. The zero-order valence-corrected chi connectivity index (χ0v) is 14.0. The lowest BCUT2D eigenvalue weighted by molar-refractivity contribution is 0.779. The van der Waals surface area contributed by atoms with Crippen molar-refractivity contribution in [1.29, 1.82) is 0 Å². The summed E-state index contributed by atoms with van der Waals surface area (Å²) in [6.07, 6.45) is 1.06. The summed E-state index contributed by atoms with van der Waals surface area (Å²) in [6.45, 7) is 1.93. The average Bonchev–Trinajstić information content (AvgIpc) is 3.23. The number of aromatic nitrogens is 4. The third kappa shape index (κ3) is 3.22. The van der Waals surface area contributed by atoms with Gasteiger partial charge >= 0.3 is 0 Å². The van der Waals surface area contributed by atoms with Gasteiger partial charge in [0.1, 0.15) is 0 Å². The number of rotatable bonds is 5. The Balaban J connectivity index is 1.58. The number of fused-ring (bicyclic) bond motifs is 1. The van der Waals surface area contributed by atoms with Crippen LogP contribution in [0.1, 0.15) is 6.42 Å². The number of hydrogen-bond acceptors (Lipinski definition) is 9. The molecule has 0 bridgehead atoms. The topological polar surface area (TPSA) is 99.7 Å². The molecule has 0 radical (unpaired) electrons. The van der Waals surface area contributed by atoms with Crippen LogP contribution >= 0.6 is 11.3 Å². The number of thiazole rings is 1. The molecular formula is C15H18N8S. The van der Waals surface area contributed by atoms with Gasteiger partial charge in [-0.2, -0.15) is 15.0 Å². The van der Waals surface area contributed by atoms with Crippen molar-refractivity contribution in [2.45, 2.75) is 12.5 Å². The van der Waals surface area contributed by atoms with Crippen LogP contribution in [-0.2, 0) is 0 Å². The highest BCUT2D eigenvalue weighted by Crippen LogP contribution is 2.27. The number of benzene rings is 1. The summed E-state index contributed by atoms with van der Waals surface area (Å²) in [7, 11) is 1.79. The molecule has 24 heavy (non-hydrogen) atoms. The second-order valence-electron chi connectivity index (χ2n) is 5.50. The molecule has 9 heteroatoms. The van der Waals surface area contributed by atoms with Crippen molar-refractivity contribution in [3.05, 3.63) is 24.3 Å². The monoisotopic (exact) mass is 342 g/mol. The van der Waals surface area contributed by atoms with Gasteiger partial charge in [0, 0.05) is 19.6 Å². The van der Waals surface area contributed by atoms with E-state index in [-0.39, 0.29) is 0 Å². The van der Waals surface area contributed by atoms with Gasteiger partial charge in [0.25, 0.3) is 0 Å². The zero-order chi connectivity index (χ0) is 16.4. The van der Waals surface area contributed by atoms with E-state index in [1.165, 1.54) is 0 Å². The quantitative estimate of drug-likeness (QED) is 0.559. The molecule has 1 aliphatic rings. The molecule has 3 heterocycles. The molecular weight excluding hydrogens is 324 g/mol. The van der Waals surface area contributed by atoms with E-state index in [0.29, 0.717) is 23.9 Å². The van der Waals surface area contributed by atoms with Gasteiger partial charge in [0.2, 0.25) is 17.8 Å². The first-order valence-corrected chi connectivity index (χ1v) is 8.65. The van der Waals surface area contributed by atoms with Gasteiger partial charge in [-0.15, -0.1) is 0 Å². The molecule has 0 aliphatic carbocycles. The third-order valence-electron chi connectivity index (χ3n) is 3.77. The lowest BCUT2D eigenvalue weighted by atomic mass is 10.3. The van der Waals surface area contributed by atoms with Crippen LogP contribution < -0.4 is 21.3 Å². The van der Waals surface area contributed by atoms with Crippen LogP contribution in [0.4, 0.5) is 23.0 Å². The molecule has 0 spiro atoms. The van der Waals surface area contributed by atoms with E-state index in [4.69, 9.17) is 0 Å². The molecule has 4 N–H and O–H groups in total. The van der Waals surface area contributed by atoms with Crippen molar-refractivity contribution in [1.82, 2.24) is 25.3 Å². The molecule has 4 rings (SSSR count). The highest BCUT2D eigenvalue weighted by Gasteiger charge is 2.16. The molecule has 1 saturated heterocycles. The van der Waals surface area contributed by atoms with Gasteiger partial charge in [0.05, 0.1) is 10.2 Å². The normalized spacial score (nSPS) is 17.1. The fraction of sp³-hybridized carbons (Fsp3) is 0.333. The smallest absolute Gasteiger partial charge is 0.235 e. The van der Waals surface area contributed by atoms with Crippen molar-refractivity contribution in [2.75, 3.05) is 36.1 Å². The number of nitrogens with zero attached hydrogens (tertiary/aromatic N) is 4. The molecule has 8 nitrogen and oxygen atoms in total. The van der Waals surface area contributed by atoms with Crippen LogP contribution in [-0.4, -0.2) is 46.1 Å². The largest absolute Gasteiger partial charge is 0.357 e. The SMILES string of the molecule is CNc1nc(Nc2nc3ccccc3s2)nc(NC2CCNC2)n1. The van der Waals surface area contributed by atoms with Gasteiger partial charge in [-0.25, -0.2) is 4.98 Å². The molecule has 124 valence electrons. The van der Waals surface area contributed by atoms with Crippen molar-refractivity contribution >= 4 is 44.5 Å².